The van der Waals surface area contributed by atoms with Crippen molar-refractivity contribution in [2.45, 2.75) is 62.8 Å². The maximum atomic E-state index is 6.58. The first kappa shape index (κ1) is 12.2. The van der Waals surface area contributed by atoms with Gasteiger partial charge in [-0.15, -0.1) is 0 Å². The third-order valence-electron chi connectivity index (χ3n) is 5.16. The molecule has 0 radical (unpaired) electrons. The molecule has 2 saturated carbocycles. The third-order valence-corrected chi connectivity index (χ3v) is 5.16. The summed E-state index contributed by atoms with van der Waals surface area (Å²) >= 11 is 0. The van der Waals surface area contributed by atoms with E-state index >= 15 is 0 Å². The lowest BCUT2D eigenvalue weighted by atomic mass is 9.78. The van der Waals surface area contributed by atoms with E-state index < -0.39 is 0 Å². The first-order valence-electron chi connectivity index (χ1n) is 7.62. The van der Waals surface area contributed by atoms with Gasteiger partial charge in [-0.25, -0.2) is 0 Å². The maximum absolute atomic E-state index is 6.58. The van der Waals surface area contributed by atoms with Gasteiger partial charge in [-0.3, -0.25) is 0 Å². The molecule has 0 saturated heterocycles. The second kappa shape index (κ2) is 5.05. The molecule has 98 valence electrons. The van der Waals surface area contributed by atoms with E-state index in [1.807, 2.05) is 0 Å². The lowest BCUT2D eigenvalue weighted by Crippen LogP contribution is -2.37. The lowest BCUT2D eigenvalue weighted by Gasteiger charge is -2.30. The quantitative estimate of drug-likeness (QED) is 0.849. The van der Waals surface area contributed by atoms with Crippen molar-refractivity contribution in [1.82, 2.24) is 0 Å². The Morgan fingerprint density at radius 3 is 2.33 bits per heavy atom. The van der Waals surface area contributed by atoms with Crippen LogP contribution in [0.3, 0.4) is 0 Å². The Hall–Kier alpha value is -0.820. The number of hydrogen-bond donors (Lipinski definition) is 1. The summed E-state index contributed by atoms with van der Waals surface area (Å²) in [6.07, 6.45) is 11.0. The Balaban J connectivity index is 1.66. The second-order valence-corrected chi connectivity index (χ2v) is 6.37. The molecular weight excluding hydrogens is 218 g/mol. The van der Waals surface area contributed by atoms with Crippen LogP contribution in [0.15, 0.2) is 30.3 Å². The summed E-state index contributed by atoms with van der Waals surface area (Å²) in [5.41, 5.74) is 8.39. The van der Waals surface area contributed by atoms with Crippen LogP contribution in [0.1, 0.15) is 56.9 Å². The highest BCUT2D eigenvalue weighted by molar-refractivity contribution is 5.33. The Morgan fingerprint density at radius 1 is 1.06 bits per heavy atom. The molecule has 0 aromatic heterocycles. The Bertz CT molecular complexity index is 374. The fraction of sp³-hybridized carbons (Fsp3) is 0.647. The van der Waals surface area contributed by atoms with Crippen molar-refractivity contribution < 1.29 is 0 Å². The van der Waals surface area contributed by atoms with E-state index in [0.29, 0.717) is 11.5 Å². The van der Waals surface area contributed by atoms with Gasteiger partial charge >= 0.3 is 0 Å². The summed E-state index contributed by atoms with van der Waals surface area (Å²) in [5.74, 6) is 0.898. The van der Waals surface area contributed by atoms with Gasteiger partial charge in [0.2, 0.25) is 0 Å². The third kappa shape index (κ3) is 2.33. The van der Waals surface area contributed by atoms with Gasteiger partial charge in [0, 0.05) is 11.5 Å². The normalized spacial score (nSPS) is 24.7. The van der Waals surface area contributed by atoms with Crippen LogP contribution in [0.2, 0.25) is 0 Å². The van der Waals surface area contributed by atoms with E-state index in [1.165, 1.54) is 56.9 Å². The van der Waals surface area contributed by atoms with Crippen molar-refractivity contribution in [2.24, 2.45) is 11.7 Å². The van der Waals surface area contributed by atoms with Crippen LogP contribution in [0.5, 0.6) is 0 Å². The number of rotatable bonds is 4. The van der Waals surface area contributed by atoms with Crippen molar-refractivity contribution in [3.63, 3.8) is 0 Å². The van der Waals surface area contributed by atoms with Crippen LogP contribution >= 0.6 is 0 Å². The number of benzene rings is 1. The summed E-state index contributed by atoms with van der Waals surface area (Å²) < 4.78 is 0. The van der Waals surface area contributed by atoms with E-state index in [0.717, 1.165) is 5.92 Å². The van der Waals surface area contributed by atoms with E-state index in [-0.39, 0.29) is 0 Å². The first-order valence-corrected chi connectivity index (χ1v) is 7.62. The van der Waals surface area contributed by atoms with Crippen molar-refractivity contribution in [2.75, 3.05) is 0 Å². The maximum Gasteiger partial charge on any atom is 0.0139 e. The van der Waals surface area contributed by atoms with Crippen LogP contribution in [0.4, 0.5) is 0 Å². The summed E-state index contributed by atoms with van der Waals surface area (Å²) in [6.45, 7) is 0. The molecule has 3 rings (SSSR count). The van der Waals surface area contributed by atoms with E-state index in [2.05, 4.69) is 30.3 Å². The molecule has 1 heteroatoms. The largest absolute Gasteiger partial charge is 0.327 e. The minimum Gasteiger partial charge on any atom is -0.327 e. The van der Waals surface area contributed by atoms with Gasteiger partial charge in [0.1, 0.15) is 0 Å². The van der Waals surface area contributed by atoms with E-state index in [9.17, 15) is 0 Å². The van der Waals surface area contributed by atoms with E-state index in [1.54, 1.807) is 0 Å². The fourth-order valence-corrected chi connectivity index (χ4v) is 3.79. The van der Waals surface area contributed by atoms with Crippen LogP contribution in [0, 0.1) is 5.92 Å². The molecule has 2 aliphatic carbocycles. The summed E-state index contributed by atoms with van der Waals surface area (Å²) in [7, 11) is 0. The molecule has 2 fully saturated rings. The Labute approximate surface area is 111 Å². The van der Waals surface area contributed by atoms with Gasteiger partial charge in [-0.2, -0.15) is 0 Å². The second-order valence-electron chi connectivity index (χ2n) is 6.37. The monoisotopic (exact) mass is 243 g/mol. The number of hydrogen-bond acceptors (Lipinski definition) is 1. The summed E-state index contributed by atoms with van der Waals surface area (Å²) in [4.78, 5) is 0. The van der Waals surface area contributed by atoms with Gasteiger partial charge in [-0.05, 0) is 30.7 Å². The minimum absolute atomic E-state index is 0.332. The average molecular weight is 243 g/mol. The highest BCUT2D eigenvalue weighted by Gasteiger charge is 2.49. The SMILES string of the molecule is NC(CC1CCCCC1)C1(c2ccccc2)CC1. The zero-order valence-corrected chi connectivity index (χ0v) is 11.3. The molecule has 0 amide bonds. The first-order chi connectivity index (χ1) is 8.81. The molecular formula is C17H25N. The molecule has 1 unspecified atom stereocenters. The Kier molecular flexibility index (Phi) is 3.43. The minimum atomic E-state index is 0.332. The van der Waals surface area contributed by atoms with Crippen molar-refractivity contribution in [3.05, 3.63) is 35.9 Å². The molecule has 18 heavy (non-hydrogen) atoms. The van der Waals surface area contributed by atoms with Crippen LogP contribution in [0.25, 0.3) is 0 Å². The molecule has 1 aromatic carbocycles. The molecule has 2 aliphatic rings. The molecule has 1 aromatic rings. The fourth-order valence-electron chi connectivity index (χ4n) is 3.79. The highest BCUT2D eigenvalue weighted by Crippen LogP contribution is 2.52. The van der Waals surface area contributed by atoms with Crippen LogP contribution in [-0.2, 0) is 5.41 Å². The topological polar surface area (TPSA) is 26.0 Å². The zero-order chi connectivity index (χ0) is 12.4. The van der Waals surface area contributed by atoms with Gasteiger partial charge in [-0.1, -0.05) is 62.4 Å². The van der Waals surface area contributed by atoms with Gasteiger partial charge in [0.25, 0.3) is 0 Å². The van der Waals surface area contributed by atoms with Crippen molar-refractivity contribution >= 4 is 0 Å². The predicted molar refractivity (Wildman–Crippen MR) is 76.5 cm³/mol. The number of nitrogens with two attached hydrogens (primary N) is 1. The van der Waals surface area contributed by atoms with Gasteiger partial charge < -0.3 is 5.73 Å². The molecule has 2 N–H and O–H groups in total. The Morgan fingerprint density at radius 2 is 1.72 bits per heavy atom. The molecule has 0 aliphatic heterocycles. The van der Waals surface area contributed by atoms with Gasteiger partial charge in [0.05, 0.1) is 0 Å². The molecule has 1 nitrogen and oxygen atoms in total. The standard InChI is InChI=1S/C17H25N/c18-16(13-14-7-3-1-4-8-14)17(11-12-17)15-9-5-2-6-10-15/h2,5-6,9-10,14,16H,1,3-4,7-8,11-13,18H2. The smallest absolute Gasteiger partial charge is 0.0139 e. The van der Waals surface area contributed by atoms with Crippen LogP contribution < -0.4 is 5.73 Å². The van der Waals surface area contributed by atoms with Gasteiger partial charge in [0.15, 0.2) is 0 Å². The average Bonchev–Trinajstić information content (AvgIpc) is 3.22. The summed E-state index contributed by atoms with van der Waals surface area (Å²) in [6, 6.07) is 11.3. The summed E-state index contributed by atoms with van der Waals surface area (Å²) in [5, 5.41) is 0. The van der Waals surface area contributed by atoms with Crippen LogP contribution in [-0.4, -0.2) is 6.04 Å². The van der Waals surface area contributed by atoms with E-state index in [4.69, 9.17) is 5.73 Å². The highest BCUT2D eigenvalue weighted by atomic mass is 14.7. The predicted octanol–water partition coefficient (Wildman–Crippen LogP) is 4.02. The van der Waals surface area contributed by atoms with Crippen molar-refractivity contribution in [3.8, 4) is 0 Å². The van der Waals surface area contributed by atoms with Crippen molar-refractivity contribution in [1.29, 1.82) is 0 Å². The molecule has 0 bridgehead atoms. The molecule has 1 atom stereocenters. The lowest BCUT2D eigenvalue weighted by molar-refractivity contribution is 0.297. The zero-order valence-electron chi connectivity index (χ0n) is 11.3. The molecule has 0 spiro atoms. The molecule has 0 heterocycles.